The number of nitrogens with zero attached hydrogens (tertiary/aromatic N) is 2. The number of hydrogen-bond donors (Lipinski definition) is 0. The van der Waals surface area contributed by atoms with Crippen molar-refractivity contribution in [2.24, 2.45) is 0 Å². The van der Waals surface area contributed by atoms with Gasteiger partial charge in [0.2, 0.25) is 0 Å². The molecule has 1 saturated heterocycles. The van der Waals surface area contributed by atoms with Gasteiger partial charge in [0.25, 0.3) is 11.8 Å². The molecule has 29 heavy (non-hydrogen) atoms. The summed E-state index contributed by atoms with van der Waals surface area (Å²) in [4.78, 5) is 30.2. The molecule has 0 N–H and O–H groups in total. The van der Waals surface area contributed by atoms with Crippen molar-refractivity contribution in [1.82, 2.24) is 4.90 Å². The van der Waals surface area contributed by atoms with E-state index in [1.54, 1.807) is 37.4 Å². The van der Waals surface area contributed by atoms with Gasteiger partial charge in [-0.2, -0.15) is 0 Å². The number of para-hydroxylation sites is 1. The molecule has 2 aromatic rings. The minimum atomic E-state index is -0.427. The third kappa shape index (κ3) is 3.49. The number of imide groups is 1. The Morgan fingerprint density at radius 2 is 1.66 bits per heavy atom. The van der Waals surface area contributed by atoms with Crippen molar-refractivity contribution in [2.75, 3.05) is 25.1 Å². The molecule has 2 aliphatic heterocycles. The molecular formula is C22H20Cl2N2O3. The summed E-state index contributed by atoms with van der Waals surface area (Å²) in [6.45, 7) is 1.45. The lowest BCUT2D eigenvalue weighted by molar-refractivity contribution is -0.120. The van der Waals surface area contributed by atoms with Crippen LogP contribution in [0.4, 0.5) is 5.69 Å². The van der Waals surface area contributed by atoms with Crippen LogP contribution in [0.5, 0.6) is 5.75 Å². The van der Waals surface area contributed by atoms with Crippen molar-refractivity contribution in [3.05, 3.63) is 63.8 Å². The topological polar surface area (TPSA) is 49.9 Å². The number of carbonyl (C=O) groups excluding carboxylic acids is 2. The zero-order chi connectivity index (χ0) is 20.5. The van der Waals surface area contributed by atoms with Crippen molar-refractivity contribution in [1.29, 1.82) is 0 Å². The highest BCUT2D eigenvalue weighted by molar-refractivity contribution is 6.48. The van der Waals surface area contributed by atoms with Crippen LogP contribution in [0.25, 0.3) is 5.57 Å². The van der Waals surface area contributed by atoms with Gasteiger partial charge in [-0.15, -0.1) is 0 Å². The lowest BCUT2D eigenvalue weighted by atomic mass is 10.0. The molecule has 2 amide bonds. The summed E-state index contributed by atoms with van der Waals surface area (Å²) in [5, 5.41) is 0.686. The molecule has 0 aliphatic carbocycles. The first kappa shape index (κ1) is 19.8. The number of anilines is 1. The zero-order valence-electron chi connectivity index (χ0n) is 16.0. The molecule has 0 spiro atoms. The Bertz CT molecular complexity index is 1010. The molecular weight excluding hydrogens is 411 g/mol. The molecule has 0 atom stereocenters. The van der Waals surface area contributed by atoms with E-state index in [2.05, 4.69) is 0 Å². The van der Waals surface area contributed by atoms with Crippen LogP contribution in [0.2, 0.25) is 10.0 Å². The molecule has 0 radical (unpaired) electrons. The van der Waals surface area contributed by atoms with Gasteiger partial charge in [-0.3, -0.25) is 9.59 Å². The minimum Gasteiger partial charge on any atom is -0.496 e. The number of rotatable bonds is 4. The average Bonchev–Trinajstić information content (AvgIpc) is 3.00. The fraction of sp³-hybridized carbons (Fsp3) is 0.273. The summed E-state index contributed by atoms with van der Waals surface area (Å²) in [6, 6.07) is 12.0. The van der Waals surface area contributed by atoms with Gasteiger partial charge >= 0.3 is 0 Å². The van der Waals surface area contributed by atoms with Crippen molar-refractivity contribution in [3.8, 4) is 5.75 Å². The first-order valence-corrected chi connectivity index (χ1v) is 10.2. The molecule has 0 saturated carbocycles. The molecule has 1 fully saturated rings. The van der Waals surface area contributed by atoms with Gasteiger partial charge in [0, 0.05) is 23.7 Å². The Morgan fingerprint density at radius 3 is 2.38 bits per heavy atom. The maximum Gasteiger partial charge on any atom is 0.282 e. The van der Waals surface area contributed by atoms with E-state index in [1.807, 2.05) is 17.0 Å². The van der Waals surface area contributed by atoms with Crippen LogP contribution in [0.1, 0.15) is 24.8 Å². The molecule has 150 valence electrons. The number of benzene rings is 2. The third-order valence-electron chi connectivity index (χ3n) is 5.26. The molecule has 2 aliphatic rings. The largest absolute Gasteiger partial charge is 0.496 e. The van der Waals surface area contributed by atoms with Crippen LogP contribution in [0.15, 0.2) is 48.2 Å². The Kier molecular flexibility index (Phi) is 5.52. The second-order valence-electron chi connectivity index (χ2n) is 7.01. The van der Waals surface area contributed by atoms with E-state index in [-0.39, 0.29) is 16.6 Å². The average molecular weight is 431 g/mol. The van der Waals surface area contributed by atoms with E-state index in [0.29, 0.717) is 27.6 Å². The van der Waals surface area contributed by atoms with Crippen molar-refractivity contribution >= 4 is 46.3 Å². The number of halogens is 2. The van der Waals surface area contributed by atoms with Gasteiger partial charge in [-0.25, -0.2) is 4.90 Å². The number of carbonyl (C=O) groups is 2. The summed E-state index contributed by atoms with van der Waals surface area (Å²) in [7, 11) is 1.55. The molecule has 4 rings (SSSR count). The molecule has 0 unspecified atom stereocenters. The lowest BCUT2D eigenvalue weighted by Crippen LogP contribution is -2.37. The third-order valence-corrected chi connectivity index (χ3v) is 5.81. The van der Waals surface area contributed by atoms with Crippen LogP contribution in [0, 0.1) is 0 Å². The number of likely N-dealkylation sites (tertiary alicyclic amines) is 1. The van der Waals surface area contributed by atoms with Gasteiger partial charge < -0.3 is 9.64 Å². The standard InChI is InChI=1S/C22H20Cl2N2O3/c1-29-18-8-4-3-7-15(18)19-20(25-11-5-2-6-12-25)22(28)26(21(19)27)17-13-14(23)9-10-16(17)24/h3-4,7-10,13H,2,5-6,11-12H2,1H3. The van der Waals surface area contributed by atoms with Crippen LogP contribution < -0.4 is 9.64 Å². The fourth-order valence-electron chi connectivity index (χ4n) is 3.90. The fourth-order valence-corrected chi connectivity index (χ4v) is 4.27. The summed E-state index contributed by atoms with van der Waals surface area (Å²) in [5.41, 5.74) is 1.61. The maximum atomic E-state index is 13.6. The Hall–Kier alpha value is -2.50. The highest BCUT2D eigenvalue weighted by atomic mass is 35.5. The highest BCUT2D eigenvalue weighted by Crippen LogP contribution is 2.41. The van der Waals surface area contributed by atoms with E-state index >= 15 is 0 Å². The van der Waals surface area contributed by atoms with E-state index in [4.69, 9.17) is 27.9 Å². The second-order valence-corrected chi connectivity index (χ2v) is 7.86. The summed E-state index contributed by atoms with van der Waals surface area (Å²) in [5.74, 6) is -0.275. The van der Waals surface area contributed by atoms with Crippen molar-refractivity contribution < 1.29 is 14.3 Å². The van der Waals surface area contributed by atoms with Crippen molar-refractivity contribution in [2.45, 2.75) is 19.3 Å². The number of piperidine rings is 1. The van der Waals surface area contributed by atoms with E-state index in [1.165, 1.54) is 0 Å². The van der Waals surface area contributed by atoms with Crippen LogP contribution in [-0.2, 0) is 9.59 Å². The highest BCUT2D eigenvalue weighted by Gasteiger charge is 2.44. The molecule has 2 heterocycles. The minimum absolute atomic E-state index is 0.286. The Labute approximate surface area is 179 Å². The van der Waals surface area contributed by atoms with Crippen molar-refractivity contribution in [3.63, 3.8) is 0 Å². The Balaban J connectivity index is 1.89. The number of methoxy groups -OCH3 is 1. The first-order valence-electron chi connectivity index (χ1n) is 9.49. The van der Waals surface area contributed by atoms with E-state index < -0.39 is 5.91 Å². The van der Waals surface area contributed by atoms with Gasteiger partial charge in [0.1, 0.15) is 11.4 Å². The summed E-state index contributed by atoms with van der Waals surface area (Å²) >= 11 is 12.5. The molecule has 0 aromatic heterocycles. The van der Waals surface area contributed by atoms with Gasteiger partial charge in [0.05, 0.1) is 23.4 Å². The molecule has 7 heteroatoms. The second kappa shape index (κ2) is 8.09. The smallest absolute Gasteiger partial charge is 0.282 e. The lowest BCUT2D eigenvalue weighted by Gasteiger charge is -2.29. The predicted molar refractivity (Wildman–Crippen MR) is 114 cm³/mol. The number of ether oxygens (including phenoxy) is 1. The Morgan fingerprint density at radius 1 is 0.931 bits per heavy atom. The summed E-state index contributed by atoms with van der Waals surface area (Å²) in [6.07, 6.45) is 3.06. The predicted octanol–water partition coefficient (Wildman–Crippen LogP) is 4.77. The molecule has 5 nitrogen and oxygen atoms in total. The number of hydrogen-bond acceptors (Lipinski definition) is 4. The van der Waals surface area contributed by atoms with Gasteiger partial charge in [-0.1, -0.05) is 41.4 Å². The molecule has 2 aromatic carbocycles. The van der Waals surface area contributed by atoms with E-state index in [0.717, 1.165) is 37.3 Å². The SMILES string of the molecule is COc1ccccc1C1=C(N2CCCCC2)C(=O)N(c2cc(Cl)ccc2Cl)C1=O. The normalized spacial score (nSPS) is 17.3. The zero-order valence-corrected chi connectivity index (χ0v) is 17.5. The van der Waals surface area contributed by atoms with Crippen LogP contribution in [0.3, 0.4) is 0 Å². The molecule has 0 bridgehead atoms. The van der Waals surface area contributed by atoms with Gasteiger partial charge in [-0.05, 0) is 43.5 Å². The monoisotopic (exact) mass is 430 g/mol. The van der Waals surface area contributed by atoms with E-state index in [9.17, 15) is 9.59 Å². The number of amides is 2. The van der Waals surface area contributed by atoms with Gasteiger partial charge in [0.15, 0.2) is 0 Å². The maximum absolute atomic E-state index is 13.6. The summed E-state index contributed by atoms with van der Waals surface area (Å²) < 4.78 is 5.48. The quantitative estimate of drug-likeness (QED) is 0.655. The van der Waals surface area contributed by atoms with Crippen LogP contribution in [-0.4, -0.2) is 36.9 Å². The van der Waals surface area contributed by atoms with Crippen LogP contribution >= 0.6 is 23.2 Å². The first-order chi connectivity index (χ1) is 14.0.